The van der Waals surface area contributed by atoms with Crippen molar-refractivity contribution in [3.63, 3.8) is 0 Å². The predicted octanol–water partition coefficient (Wildman–Crippen LogP) is 0.601. The molecule has 1 radical (unpaired) electrons. The summed E-state index contributed by atoms with van der Waals surface area (Å²) in [4.78, 5) is 6.50. The van der Waals surface area contributed by atoms with Crippen LogP contribution in [0.5, 0.6) is 0 Å². The number of likely N-dealkylation sites (tertiary alicyclic amines) is 1. The van der Waals surface area contributed by atoms with Crippen molar-refractivity contribution in [3.05, 3.63) is 12.2 Å². The molecule has 1 aliphatic rings. The molecule has 0 bridgehead atoms. The van der Waals surface area contributed by atoms with Crippen molar-refractivity contribution in [1.29, 1.82) is 0 Å². The van der Waals surface area contributed by atoms with E-state index in [4.69, 9.17) is 0 Å². The zero-order chi connectivity index (χ0) is 9.10. The molecule has 4 heteroatoms. The van der Waals surface area contributed by atoms with Crippen LogP contribution in [0.3, 0.4) is 0 Å². The van der Waals surface area contributed by atoms with Crippen LogP contribution >= 0.6 is 0 Å². The van der Waals surface area contributed by atoms with Crippen LogP contribution in [0, 0.1) is 6.33 Å². The van der Waals surface area contributed by atoms with Gasteiger partial charge in [0.25, 0.3) is 0 Å². The molecule has 0 N–H and O–H groups in total. The van der Waals surface area contributed by atoms with E-state index in [1.54, 1.807) is 4.68 Å². The topological polar surface area (TPSA) is 34.0 Å². The molecule has 1 saturated heterocycles. The van der Waals surface area contributed by atoms with E-state index in [2.05, 4.69) is 21.3 Å². The Morgan fingerprint density at radius 2 is 2.08 bits per heavy atom. The molecule has 13 heavy (non-hydrogen) atoms. The predicted molar refractivity (Wildman–Crippen MR) is 49.0 cm³/mol. The van der Waals surface area contributed by atoms with E-state index >= 15 is 0 Å². The minimum absolute atomic E-state index is 0.886. The van der Waals surface area contributed by atoms with Crippen molar-refractivity contribution >= 4 is 0 Å². The highest BCUT2D eigenvalue weighted by atomic mass is 15.3. The number of aromatic nitrogens is 3. The lowest BCUT2D eigenvalue weighted by Crippen LogP contribution is -2.29. The smallest absolute Gasteiger partial charge is 0.196 e. The van der Waals surface area contributed by atoms with Gasteiger partial charge in [-0.15, -0.1) is 0 Å². The summed E-state index contributed by atoms with van der Waals surface area (Å²) >= 11 is 0. The lowest BCUT2D eigenvalue weighted by Gasteiger charge is -2.24. The van der Waals surface area contributed by atoms with E-state index in [1.165, 1.54) is 32.4 Å². The molecule has 0 aliphatic carbocycles. The normalized spacial score (nSPS) is 19.2. The molecule has 2 rings (SSSR count). The van der Waals surface area contributed by atoms with Crippen molar-refractivity contribution in [2.45, 2.75) is 25.8 Å². The summed E-state index contributed by atoms with van der Waals surface area (Å²) in [5.41, 5.74) is 0. The molecule has 1 fully saturated rings. The number of piperidine rings is 1. The molecule has 2 heterocycles. The van der Waals surface area contributed by atoms with Crippen LogP contribution in [0.15, 0.2) is 0 Å². The Hall–Kier alpha value is -0.900. The summed E-state index contributed by atoms with van der Waals surface area (Å²) < 4.78 is 1.64. The molecular weight excluding hydrogens is 164 g/mol. The summed E-state index contributed by atoms with van der Waals surface area (Å²) in [5.74, 6) is 0.893. The van der Waals surface area contributed by atoms with Crippen LogP contribution in [-0.2, 0) is 13.6 Å². The molecule has 0 unspecified atom stereocenters. The van der Waals surface area contributed by atoms with Crippen LogP contribution < -0.4 is 0 Å². The fourth-order valence-corrected chi connectivity index (χ4v) is 1.73. The third kappa shape index (κ3) is 2.28. The molecule has 0 aromatic carbocycles. The molecule has 1 aromatic rings. The molecule has 1 aromatic heterocycles. The maximum atomic E-state index is 4.21. The van der Waals surface area contributed by atoms with Gasteiger partial charge in [0.05, 0.1) is 6.54 Å². The second kappa shape index (κ2) is 3.87. The van der Waals surface area contributed by atoms with Crippen molar-refractivity contribution < 1.29 is 0 Å². The zero-order valence-corrected chi connectivity index (χ0v) is 8.03. The first-order chi connectivity index (χ1) is 6.34. The number of hydrogen-bond donors (Lipinski definition) is 0. The molecule has 0 spiro atoms. The maximum absolute atomic E-state index is 4.21. The summed E-state index contributed by atoms with van der Waals surface area (Å²) in [6.07, 6.45) is 6.79. The molecule has 1 aliphatic heterocycles. The van der Waals surface area contributed by atoms with Crippen molar-refractivity contribution in [2.24, 2.45) is 7.05 Å². The van der Waals surface area contributed by atoms with Gasteiger partial charge in [-0.25, -0.2) is 9.67 Å². The SMILES string of the molecule is Cn1[c]nc(CN2CCCCC2)n1. The van der Waals surface area contributed by atoms with E-state index in [9.17, 15) is 0 Å². The summed E-state index contributed by atoms with van der Waals surface area (Å²) in [5, 5.41) is 4.21. The first-order valence-electron chi connectivity index (χ1n) is 4.84. The molecule has 0 amide bonds. The quantitative estimate of drug-likeness (QED) is 0.666. The molecular formula is C9H15N4. The summed E-state index contributed by atoms with van der Waals surface area (Å²) in [6, 6.07) is 0. The second-order valence-electron chi connectivity index (χ2n) is 3.59. The molecule has 4 nitrogen and oxygen atoms in total. The largest absolute Gasteiger partial charge is 0.296 e. The van der Waals surface area contributed by atoms with Crippen LogP contribution in [0.2, 0.25) is 0 Å². The van der Waals surface area contributed by atoms with Gasteiger partial charge in [-0.3, -0.25) is 4.90 Å². The van der Waals surface area contributed by atoms with E-state index < -0.39 is 0 Å². The van der Waals surface area contributed by atoms with Gasteiger partial charge in [-0.1, -0.05) is 6.42 Å². The van der Waals surface area contributed by atoms with Crippen LogP contribution in [0.4, 0.5) is 0 Å². The molecule has 0 saturated carbocycles. The monoisotopic (exact) mass is 179 g/mol. The van der Waals surface area contributed by atoms with Gasteiger partial charge in [0.2, 0.25) is 0 Å². The maximum Gasteiger partial charge on any atom is 0.196 e. The second-order valence-corrected chi connectivity index (χ2v) is 3.59. The van der Waals surface area contributed by atoms with Crippen molar-refractivity contribution in [3.8, 4) is 0 Å². The Morgan fingerprint density at radius 1 is 1.31 bits per heavy atom. The third-order valence-electron chi connectivity index (χ3n) is 2.40. The van der Waals surface area contributed by atoms with E-state index in [1.807, 2.05) is 7.05 Å². The van der Waals surface area contributed by atoms with Crippen molar-refractivity contribution in [2.75, 3.05) is 13.1 Å². The fraction of sp³-hybridized carbons (Fsp3) is 0.778. The first kappa shape index (κ1) is 8.69. The summed E-state index contributed by atoms with van der Waals surface area (Å²) in [6.45, 7) is 3.27. The lowest BCUT2D eigenvalue weighted by molar-refractivity contribution is 0.216. The highest BCUT2D eigenvalue weighted by molar-refractivity contribution is 4.81. The van der Waals surface area contributed by atoms with E-state index in [0.717, 1.165) is 12.4 Å². The van der Waals surface area contributed by atoms with Gasteiger partial charge >= 0.3 is 0 Å². The minimum Gasteiger partial charge on any atom is -0.296 e. The Kier molecular flexibility index (Phi) is 2.59. The highest BCUT2D eigenvalue weighted by Crippen LogP contribution is 2.10. The number of nitrogens with zero attached hydrogens (tertiary/aromatic N) is 4. The van der Waals surface area contributed by atoms with Crippen LogP contribution in [0.25, 0.3) is 0 Å². The highest BCUT2D eigenvalue weighted by Gasteiger charge is 2.12. The standard InChI is InChI=1S/C9H15N4/c1-12-8-10-9(11-12)7-13-5-3-2-4-6-13/h2-7H2,1H3. The van der Waals surface area contributed by atoms with E-state index in [0.29, 0.717) is 0 Å². The van der Waals surface area contributed by atoms with Crippen LogP contribution in [-0.4, -0.2) is 32.8 Å². The minimum atomic E-state index is 0.886. The third-order valence-corrected chi connectivity index (χ3v) is 2.40. The van der Waals surface area contributed by atoms with Gasteiger partial charge in [-0.2, -0.15) is 5.10 Å². The Morgan fingerprint density at radius 3 is 2.69 bits per heavy atom. The Bertz CT molecular complexity index is 262. The fourth-order valence-electron chi connectivity index (χ4n) is 1.73. The molecule has 71 valence electrons. The van der Waals surface area contributed by atoms with Gasteiger partial charge in [0.1, 0.15) is 0 Å². The van der Waals surface area contributed by atoms with E-state index in [-0.39, 0.29) is 0 Å². The van der Waals surface area contributed by atoms with Crippen LogP contribution in [0.1, 0.15) is 25.1 Å². The van der Waals surface area contributed by atoms with Gasteiger partial charge < -0.3 is 0 Å². The number of aryl methyl sites for hydroxylation is 1. The van der Waals surface area contributed by atoms with Crippen molar-refractivity contribution in [1.82, 2.24) is 19.7 Å². The average Bonchev–Trinajstić information content (AvgIpc) is 2.53. The molecule has 0 atom stereocenters. The van der Waals surface area contributed by atoms with Gasteiger partial charge in [0.15, 0.2) is 12.2 Å². The average molecular weight is 179 g/mol. The lowest BCUT2D eigenvalue weighted by atomic mass is 10.1. The summed E-state index contributed by atoms with van der Waals surface area (Å²) in [7, 11) is 1.85. The Balaban J connectivity index is 1.89. The zero-order valence-electron chi connectivity index (χ0n) is 8.03. The number of hydrogen-bond acceptors (Lipinski definition) is 3. The number of rotatable bonds is 2. The van der Waals surface area contributed by atoms with Gasteiger partial charge in [-0.05, 0) is 25.9 Å². The Labute approximate surface area is 78.6 Å². The first-order valence-corrected chi connectivity index (χ1v) is 4.84. The van der Waals surface area contributed by atoms with Gasteiger partial charge in [0, 0.05) is 7.05 Å².